The molecule has 2 aromatic rings. The van der Waals surface area contributed by atoms with E-state index in [4.69, 9.17) is 0 Å². The van der Waals surface area contributed by atoms with E-state index in [1.165, 1.54) is 11.1 Å². The summed E-state index contributed by atoms with van der Waals surface area (Å²) in [6.45, 7) is 7.42. The minimum absolute atomic E-state index is 0. The van der Waals surface area contributed by atoms with Crippen LogP contribution in [0.4, 0.5) is 0 Å². The van der Waals surface area contributed by atoms with Crippen molar-refractivity contribution in [1.82, 2.24) is 0 Å². The summed E-state index contributed by atoms with van der Waals surface area (Å²) in [4.78, 5) is 0. The van der Waals surface area contributed by atoms with Gasteiger partial charge in [-0.1, -0.05) is 18.6 Å². The summed E-state index contributed by atoms with van der Waals surface area (Å²) in [6.07, 6.45) is 5.80. The maximum absolute atomic E-state index is 3.71. The summed E-state index contributed by atoms with van der Waals surface area (Å²) in [5.74, 6) is 0. The Morgan fingerprint density at radius 3 is 2.12 bits per heavy atom. The summed E-state index contributed by atoms with van der Waals surface area (Å²) in [5, 5.41) is 0. The maximum atomic E-state index is 3.71. The molecule has 0 aliphatic heterocycles. The largest absolute Gasteiger partial charge is 0.748 e. The Kier molecular flexibility index (Phi) is 9.14. The van der Waals surface area contributed by atoms with Crippen molar-refractivity contribution in [1.29, 1.82) is 0 Å². The molecule has 0 spiro atoms. The molecular formula is C16H18Fe-6. The molecule has 0 saturated carbocycles. The van der Waals surface area contributed by atoms with Crippen molar-refractivity contribution in [2.45, 2.75) is 12.8 Å². The van der Waals surface area contributed by atoms with Crippen LogP contribution in [0.2, 0.25) is 0 Å². The second-order valence-corrected chi connectivity index (χ2v) is 3.52. The van der Waals surface area contributed by atoms with Crippen LogP contribution in [0.15, 0.2) is 73.8 Å². The van der Waals surface area contributed by atoms with Gasteiger partial charge in [0.1, 0.15) is 0 Å². The van der Waals surface area contributed by atoms with E-state index >= 15 is 0 Å². The van der Waals surface area contributed by atoms with Crippen molar-refractivity contribution in [3.8, 4) is 0 Å². The fraction of sp³-hybridized carbons (Fsp3) is 0.125. The first-order valence-corrected chi connectivity index (χ1v) is 5.50. The molecule has 0 heterocycles. The van der Waals surface area contributed by atoms with E-state index < -0.39 is 0 Å². The summed E-state index contributed by atoms with van der Waals surface area (Å²) in [5.41, 5.74) is 2.75. The molecule has 0 aliphatic carbocycles. The molecule has 2 aromatic carbocycles. The molecule has 0 radical (unpaired) electrons. The van der Waals surface area contributed by atoms with E-state index in [9.17, 15) is 0 Å². The first kappa shape index (κ1) is 15.7. The van der Waals surface area contributed by atoms with Crippen LogP contribution >= 0.6 is 0 Å². The quantitative estimate of drug-likeness (QED) is 0.440. The third-order valence-electron chi connectivity index (χ3n) is 2.29. The third kappa shape index (κ3) is 6.11. The van der Waals surface area contributed by atoms with Crippen LogP contribution in [0.3, 0.4) is 0 Å². The Morgan fingerprint density at radius 1 is 1.06 bits per heavy atom. The van der Waals surface area contributed by atoms with Crippen LogP contribution in [-0.2, 0) is 29.9 Å². The average molecular weight is 266 g/mol. The number of hydrogen-bond acceptors (Lipinski definition) is 0. The Balaban J connectivity index is 0.000000360. The monoisotopic (exact) mass is 266 g/mol. The van der Waals surface area contributed by atoms with E-state index in [0.717, 1.165) is 12.8 Å². The van der Waals surface area contributed by atoms with Gasteiger partial charge in [-0.05, 0) is 6.42 Å². The third-order valence-corrected chi connectivity index (χ3v) is 2.29. The van der Waals surface area contributed by atoms with Gasteiger partial charge in [-0.3, -0.25) is 0 Å². The molecule has 0 N–H and O–H groups in total. The van der Waals surface area contributed by atoms with Gasteiger partial charge in [0.05, 0.1) is 0 Å². The number of allylic oxidation sites excluding steroid dienone is 2. The molecule has 0 fully saturated rings. The fourth-order valence-corrected chi connectivity index (χ4v) is 1.52. The van der Waals surface area contributed by atoms with Crippen LogP contribution in [0.1, 0.15) is 11.1 Å². The van der Waals surface area contributed by atoms with Gasteiger partial charge < -0.3 is 30.3 Å². The predicted octanol–water partition coefficient (Wildman–Crippen LogP) is 4.27. The molecule has 0 unspecified atom stereocenters. The molecule has 0 saturated heterocycles. The van der Waals surface area contributed by atoms with E-state index in [0.29, 0.717) is 0 Å². The number of rotatable bonds is 4. The molecule has 17 heavy (non-hydrogen) atoms. The van der Waals surface area contributed by atoms with Crippen molar-refractivity contribution in [3.63, 3.8) is 0 Å². The van der Waals surface area contributed by atoms with Gasteiger partial charge in [0, 0.05) is 17.1 Å². The van der Waals surface area contributed by atoms with Crippen molar-refractivity contribution >= 4 is 0 Å². The van der Waals surface area contributed by atoms with Gasteiger partial charge in [0.15, 0.2) is 0 Å². The van der Waals surface area contributed by atoms with E-state index in [2.05, 4.69) is 31.4 Å². The van der Waals surface area contributed by atoms with E-state index in [-0.39, 0.29) is 17.1 Å². The molecule has 96 valence electrons. The van der Waals surface area contributed by atoms with Gasteiger partial charge in [-0.25, -0.2) is 12.1 Å². The minimum Gasteiger partial charge on any atom is -0.748 e. The average Bonchev–Trinajstić information content (AvgIpc) is 2.93. The molecule has 0 aromatic heterocycles. The van der Waals surface area contributed by atoms with Gasteiger partial charge in [0.25, 0.3) is 0 Å². The Morgan fingerprint density at radius 2 is 1.65 bits per heavy atom. The molecule has 0 aliphatic rings. The zero-order valence-electron chi connectivity index (χ0n) is 9.96. The predicted molar refractivity (Wildman–Crippen MR) is 71.9 cm³/mol. The maximum Gasteiger partial charge on any atom is 0 e. The van der Waals surface area contributed by atoms with E-state index in [1.807, 2.05) is 42.5 Å². The fourth-order valence-electron chi connectivity index (χ4n) is 1.52. The van der Waals surface area contributed by atoms with Crippen LogP contribution in [0.25, 0.3) is 0 Å². The standard InChI is InChI=1S/C11H13.C5H5.Fe/c1-3-6-10-8-5-9-11(10)7-4-2;1-2-4-5-3-1;/h3-5,8-9H,1-2,6-7H2;1-5H;/q-1;-5;. The molecule has 0 bridgehead atoms. The molecule has 0 amide bonds. The molecule has 0 nitrogen and oxygen atoms in total. The van der Waals surface area contributed by atoms with Crippen molar-refractivity contribution in [3.05, 3.63) is 85.0 Å². The second-order valence-electron chi connectivity index (χ2n) is 3.52. The van der Waals surface area contributed by atoms with Gasteiger partial charge >= 0.3 is 0 Å². The second kappa shape index (κ2) is 9.89. The summed E-state index contributed by atoms with van der Waals surface area (Å²) < 4.78 is 0. The molecule has 0 atom stereocenters. The summed E-state index contributed by atoms with van der Waals surface area (Å²) >= 11 is 0. The van der Waals surface area contributed by atoms with Crippen molar-refractivity contribution in [2.75, 3.05) is 0 Å². The SMILES string of the molecule is C=CCc1ccc[c-]1CC=C.[Fe].[cH-]1[cH-][cH-][cH-][cH-]1. The first-order valence-electron chi connectivity index (χ1n) is 5.50. The first-order chi connectivity index (χ1) is 7.88. The molecule has 2 rings (SSSR count). The van der Waals surface area contributed by atoms with Crippen molar-refractivity contribution in [2.24, 2.45) is 0 Å². The number of hydrogen-bond donors (Lipinski definition) is 0. The van der Waals surface area contributed by atoms with Gasteiger partial charge in [-0.2, -0.15) is 17.2 Å². The Bertz CT molecular complexity index is 351. The van der Waals surface area contributed by atoms with E-state index in [1.54, 1.807) is 0 Å². The normalized spacial score (nSPS) is 8.47. The minimum atomic E-state index is 0. The van der Waals surface area contributed by atoms with Crippen LogP contribution in [-0.4, -0.2) is 0 Å². The van der Waals surface area contributed by atoms with Crippen molar-refractivity contribution < 1.29 is 17.1 Å². The Hall–Kier alpha value is -1.30. The zero-order valence-corrected chi connectivity index (χ0v) is 11.1. The van der Waals surface area contributed by atoms with Crippen LogP contribution < -0.4 is 0 Å². The molecule has 1 heteroatoms. The van der Waals surface area contributed by atoms with Gasteiger partial charge in [0.2, 0.25) is 0 Å². The summed E-state index contributed by atoms with van der Waals surface area (Å²) in [6, 6.07) is 16.4. The Labute approximate surface area is 115 Å². The smallest absolute Gasteiger partial charge is 0 e. The van der Waals surface area contributed by atoms with Crippen LogP contribution in [0.5, 0.6) is 0 Å². The zero-order chi connectivity index (χ0) is 11.6. The summed E-state index contributed by atoms with van der Waals surface area (Å²) in [7, 11) is 0. The van der Waals surface area contributed by atoms with Crippen LogP contribution in [0, 0.1) is 0 Å². The van der Waals surface area contributed by atoms with Gasteiger partial charge in [-0.15, -0.1) is 13.2 Å². The topological polar surface area (TPSA) is 0 Å². The molecular weight excluding hydrogens is 248 g/mol.